The number of sulfonamides is 1. The fraction of sp³-hybridized carbons (Fsp3) is 0.231. The summed E-state index contributed by atoms with van der Waals surface area (Å²) in [6, 6.07) is 5.69. The zero-order chi connectivity index (χ0) is 16.9. The van der Waals surface area contributed by atoms with Crippen molar-refractivity contribution in [3.05, 3.63) is 48.4 Å². The van der Waals surface area contributed by atoms with E-state index in [0.29, 0.717) is 0 Å². The van der Waals surface area contributed by atoms with Gasteiger partial charge in [-0.3, -0.25) is 4.98 Å². The van der Waals surface area contributed by atoms with Crippen molar-refractivity contribution in [3.8, 4) is 5.88 Å². The van der Waals surface area contributed by atoms with E-state index in [9.17, 15) is 21.6 Å². The predicted molar refractivity (Wildman–Crippen MR) is 74.0 cm³/mol. The molecule has 0 aliphatic heterocycles. The van der Waals surface area contributed by atoms with Crippen molar-refractivity contribution in [2.45, 2.75) is 17.6 Å². The lowest BCUT2D eigenvalue weighted by Crippen LogP contribution is -2.25. The van der Waals surface area contributed by atoms with Gasteiger partial charge in [0, 0.05) is 30.7 Å². The van der Waals surface area contributed by atoms with Crippen LogP contribution in [0.1, 0.15) is 5.56 Å². The van der Waals surface area contributed by atoms with Crippen LogP contribution in [0.2, 0.25) is 0 Å². The average molecular weight is 347 g/mol. The first-order chi connectivity index (χ1) is 10.8. The van der Waals surface area contributed by atoms with Crippen LogP contribution in [0.25, 0.3) is 0 Å². The average Bonchev–Trinajstić information content (AvgIpc) is 2.52. The molecule has 2 heterocycles. The van der Waals surface area contributed by atoms with Gasteiger partial charge in [-0.2, -0.15) is 13.2 Å². The highest BCUT2D eigenvalue weighted by atomic mass is 32.2. The highest BCUT2D eigenvalue weighted by Gasteiger charge is 2.29. The van der Waals surface area contributed by atoms with Crippen molar-refractivity contribution < 1.29 is 26.3 Å². The SMILES string of the molecule is O=S(=O)(NCc1cccnc1OCC(F)(F)F)c1cccnc1. The van der Waals surface area contributed by atoms with Gasteiger partial charge in [0.05, 0.1) is 0 Å². The molecule has 0 amide bonds. The number of hydrogen-bond donors (Lipinski definition) is 1. The Morgan fingerprint density at radius 1 is 1.17 bits per heavy atom. The van der Waals surface area contributed by atoms with Gasteiger partial charge in [-0.15, -0.1) is 0 Å². The molecule has 0 radical (unpaired) electrons. The van der Waals surface area contributed by atoms with Crippen molar-refractivity contribution in [1.29, 1.82) is 0 Å². The summed E-state index contributed by atoms with van der Waals surface area (Å²) in [4.78, 5) is 7.33. The topological polar surface area (TPSA) is 81.2 Å². The molecule has 2 rings (SSSR count). The summed E-state index contributed by atoms with van der Waals surface area (Å²) in [6.45, 7) is -1.77. The van der Waals surface area contributed by atoms with Crippen LogP contribution in [-0.2, 0) is 16.6 Å². The molecule has 124 valence electrons. The minimum atomic E-state index is -4.51. The lowest BCUT2D eigenvalue weighted by Gasteiger charge is -2.12. The molecule has 0 aliphatic rings. The van der Waals surface area contributed by atoms with E-state index in [-0.39, 0.29) is 22.9 Å². The van der Waals surface area contributed by atoms with Gasteiger partial charge in [0.2, 0.25) is 15.9 Å². The van der Waals surface area contributed by atoms with E-state index in [1.54, 1.807) is 0 Å². The fourth-order valence-corrected chi connectivity index (χ4v) is 2.57. The van der Waals surface area contributed by atoms with Gasteiger partial charge < -0.3 is 4.74 Å². The molecule has 10 heteroatoms. The van der Waals surface area contributed by atoms with Crippen molar-refractivity contribution in [2.24, 2.45) is 0 Å². The van der Waals surface area contributed by atoms with Gasteiger partial charge in [0.15, 0.2) is 6.61 Å². The number of ether oxygens (including phenoxy) is 1. The summed E-state index contributed by atoms with van der Waals surface area (Å²) >= 11 is 0. The molecule has 0 aromatic carbocycles. The Bertz CT molecular complexity index is 752. The standard InChI is InChI=1S/C13H12F3N3O3S/c14-13(15,16)9-22-12-10(3-1-6-18-12)7-19-23(20,21)11-4-2-5-17-8-11/h1-6,8,19H,7,9H2. The minimum absolute atomic E-state index is 0.0540. The van der Waals surface area contributed by atoms with Gasteiger partial charge in [-0.05, 0) is 18.2 Å². The monoisotopic (exact) mass is 347 g/mol. The largest absolute Gasteiger partial charge is 0.468 e. The van der Waals surface area contributed by atoms with Crippen molar-refractivity contribution >= 4 is 10.0 Å². The highest BCUT2D eigenvalue weighted by Crippen LogP contribution is 2.20. The third-order valence-electron chi connectivity index (χ3n) is 2.62. The quantitative estimate of drug-likeness (QED) is 0.863. The molecule has 6 nitrogen and oxygen atoms in total. The van der Waals surface area contributed by atoms with Crippen molar-refractivity contribution in [1.82, 2.24) is 14.7 Å². The summed E-state index contributed by atoms with van der Waals surface area (Å²) < 4.78 is 67.5. The van der Waals surface area contributed by atoms with Gasteiger partial charge >= 0.3 is 6.18 Å². The molecule has 0 atom stereocenters. The molecular weight excluding hydrogens is 335 g/mol. The van der Waals surface area contributed by atoms with E-state index in [1.807, 2.05) is 0 Å². The molecule has 0 spiro atoms. The summed E-state index contributed by atoms with van der Waals surface area (Å²) in [5.41, 5.74) is 0.184. The van der Waals surface area contributed by atoms with Crippen LogP contribution in [0.15, 0.2) is 47.8 Å². The van der Waals surface area contributed by atoms with E-state index in [1.165, 1.54) is 36.7 Å². The van der Waals surface area contributed by atoms with Gasteiger partial charge in [-0.1, -0.05) is 6.07 Å². The summed E-state index contributed by atoms with van der Waals surface area (Å²) in [7, 11) is -3.84. The lowest BCUT2D eigenvalue weighted by molar-refractivity contribution is -0.154. The first-order valence-corrected chi connectivity index (χ1v) is 7.79. The molecule has 2 aromatic heterocycles. The van der Waals surface area contributed by atoms with E-state index in [0.717, 1.165) is 6.20 Å². The van der Waals surface area contributed by atoms with Crippen LogP contribution in [0.5, 0.6) is 5.88 Å². The molecule has 0 unspecified atom stereocenters. The van der Waals surface area contributed by atoms with Crippen molar-refractivity contribution in [3.63, 3.8) is 0 Å². The number of nitrogens with zero attached hydrogens (tertiary/aromatic N) is 2. The second kappa shape index (κ2) is 6.92. The molecule has 2 aromatic rings. The molecule has 23 heavy (non-hydrogen) atoms. The Morgan fingerprint density at radius 3 is 2.57 bits per heavy atom. The summed E-state index contributed by atoms with van der Waals surface area (Å²) in [5, 5.41) is 0. The Morgan fingerprint density at radius 2 is 1.91 bits per heavy atom. The van der Waals surface area contributed by atoms with Gasteiger partial charge in [0.25, 0.3) is 0 Å². The van der Waals surface area contributed by atoms with Crippen molar-refractivity contribution in [2.75, 3.05) is 6.61 Å². The Kier molecular flexibility index (Phi) is 5.16. The van der Waals surface area contributed by atoms with Crippen LogP contribution in [-0.4, -0.2) is 31.2 Å². The van der Waals surface area contributed by atoms with Crippen LogP contribution < -0.4 is 9.46 Å². The Hall–Kier alpha value is -2.20. The Balaban J connectivity index is 2.09. The molecule has 1 N–H and O–H groups in total. The van der Waals surface area contributed by atoms with Gasteiger partial charge in [-0.25, -0.2) is 18.1 Å². The molecule has 0 bridgehead atoms. The van der Waals surface area contributed by atoms with E-state index in [2.05, 4.69) is 19.4 Å². The number of rotatable bonds is 6. The van der Waals surface area contributed by atoms with Crippen LogP contribution in [0.3, 0.4) is 0 Å². The smallest absolute Gasteiger partial charge is 0.422 e. The number of nitrogens with one attached hydrogen (secondary N) is 1. The molecule has 0 saturated heterocycles. The maximum Gasteiger partial charge on any atom is 0.422 e. The van der Waals surface area contributed by atoms with Crippen LogP contribution in [0, 0.1) is 0 Å². The molecule has 0 fully saturated rings. The maximum absolute atomic E-state index is 12.2. The minimum Gasteiger partial charge on any atom is -0.468 e. The van der Waals surface area contributed by atoms with Crippen LogP contribution in [0.4, 0.5) is 13.2 Å². The summed E-state index contributed by atoms with van der Waals surface area (Å²) in [6.07, 6.45) is -0.676. The van der Waals surface area contributed by atoms with Crippen LogP contribution >= 0.6 is 0 Å². The second-order valence-corrected chi connectivity index (χ2v) is 6.15. The Labute approximate surface area is 130 Å². The first-order valence-electron chi connectivity index (χ1n) is 6.31. The van der Waals surface area contributed by atoms with E-state index < -0.39 is 22.8 Å². The maximum atomic E-state index is 12.2. The number of hydrogen-bond acceptors (Lipinski definition) is 5. The fourth-order valence-electron chi connectivity index (χ4n) is 1.60. The number of aromatic nitrogens is 2. The normalized spacial score (nSPS) is 12.1. The third kappa shape index (κ3) is 5.18. The van der Waals surface area contributed by atoms with E-state index in [4.69, 9.17) is 0 Å². The molecule has 0 aliphatic carbocycles. The number of pyridine rings is 2. The van der Waals surface area contributed by atoms with E-state index >= 15 is 0 Å². The zero-order valence-corrected chi connectivity index (χ0v) is 12.4. The van der Waals surface area contributed by atoms with Gasteiger partial charge in [0.1, 0.15) is 4.90 Å². The zero-order valence-electron chi connectivity index (χ0n) is 11.6. The summed E-state index contributed by atoms with van der Waals surface area (Å²) in [5.74, 6) is -0.279. The highest BCUT2D eigenvalue weighted by molar-refractivity contribution is 7.89. The number of halogens is 3. The third-order valence-corrected chi connectivity index (χ3v) is 4.01. The first kappa shape index (κ1) is 17.2. The molecule has 0 saturated carbocycles. The lowest BCUT2D eigenvalue weighted by atomic mass is 10.3. The second-order valence-electron chi connectivity index (χ2n) is 4.38. The molecular formula is C13H12F3N3O3S. The predicted octanol–water partition coefficient (Wildman–Crippen LogP) is 1.90. The number of alkyl halides is 3.